The Morgan fingerprint density at radius 1 is 1.41 bits per heavy atom. The Labute approximate surface area is 97.6 Å². The van der Waals surface area contributed by atoms with Gasteiger partial charge >= 0.3 is 6.18 Å². The van der Waals surface area contributed by atoms with E-state index in [2.05, 4.69) is 10.3 Å². The van der Waals surface area contributed by atoms with E-state index in [0.29, 0.717) is 11.7 Å². The molecule has 2 heterocycles. The van der Waals surface area contributed by atoms with Gasteiger partial charge in [0.15, 0.2) is 0 Å². The van der Waals surface area contributed by atoms with Crippen LogP contribution in [0, 0.1) is 0 Å². The summed E-state index contributed by atoms with van der Waals surface area (Å²) in [5.74, 6) is 0. The van der Waals surface area contributed by atoms with Gasteiger partial charge in [-0.05, 0) is 19.5 Å². The monoisotopic (exact) mass is 245 g/mol. The van der Waals surface area contributed by atoms with E-state index in [9.17, 15) is 13.2 Å². The second-order valence-corrected chi connectivity index (χ2v) is 4.15. The number of nitrogens with one attached hydrogen (secondary N) is 1. The molecule has 1 aromatic heterocycles. The highest BCUT2D eigenvalue weighted by Crippen LogP contribution is 2.31. The van der Waals surface area contributed by atoms with Crippen LogP contribution >= 0.6 is 0 Å². The summed E-state index contributed by atoms with van der Waals surface area (Å²) >= 11 is 0. The maximum atomic E-state index is 12.5. The van der Waals surface area contributed by atoms with E-state index < -0.39 is 11.7 Å². The minimum absolute atomic E-state index is 0.338. The van der Waals surface area contributed by atoms with Gasteiger partial charge < -0.3 is 10.2 Å². The van der Waals surface area contributed by atoms with Crippen LogP contribution in [-0.2, 0) is 6.18 Å². The zero-order chi connectivity index (χ0) is 12.5. The Morgan fingerprint density at radius 3 is 2.76 bits per heavy atom. The van der Waals surface area contributed by atoms with Crippen molar-refractivity contribution in [1.82, 2.24) is 10.3 Å². The molecule has 0 bridgehead atoms. The summed E-state index contributed by atoms with van der Waals surface area (Å²) in [6, 6.07) is 1.50. The highest BCUT2D eigenvalue weighted by atomic mass is 19.4. The predicted molar refractivity (Wildman–Crippen MR) is 58.9 cm³/mol. The van der Waals surface area contributed by atoms with E-state index in [4.69, 9.17) is 0 Å². The Morgan fingerprint density at radius 2 is 2.18 bits per heavy atom. The Balaban J connectivity index is 2.17. The first-order valence-corrected chi connectivity index (χ1v) is 5.45. The molecule has 0 unspecified atom stereocenters. The third-order valence-electron chi connectivity index (χ3n) is 3.01. The highest BCUT2D eigenvalue weighted by Gasteiger charge is 2.32. The molecule has 3 nitrogen and oxygen atoms in total. The third-order valence-corrected chi connectivity index (χ3v) is 3.01. The van der Waals surface area contributed by atoms with Gasteiger partial charge in [0.1, 0.15) is 0 Å². The first-order chi connectivity index (χ1) is 8.00. The molecule has 1 atom stereocenters. The van der Waals surface area contributed by atoms with Crippen molar-refractivity contribution in [3.63, 3.8) is 0 Å². The van der Waals surface area contributed by atoms with Gasteiger partial charge in [0.2, 0.25) is 0 Å². The Bertz CT molecular complexity index is 392. The Hall–Kier alpha value is -1.30. The van der Waals surface area contributed by atoms with Crippen LogP contribution in [0.5, 0.6) is 0 Å². The average Bonchev–Trinajstić information content (AvgIpc) is 2.76. The molecule has 1 N–H and O–H groups in total. The number of halogens is 3. The summed E-state index contributed by atoms with van der Waals surface area (Å²) in [5.41, 5.74) is -0.152. The third kappa shape index (κ3) is 2.69. The summed E-state index contributed by atoms with van der Waals surface area (Å²) in [5, 5.41) is 3.12. The molecule has 0 spiro atoms. The van der Waals surface area contributed by atoms with Crippen molar-refractivity contribution in [2.45, 2.75) is 18.6 Å². The number of aromatic nitrogens is 1. The summed E-state index contributed by atoms with van der Waals surface area (Å²) in [6.45, 7) is 1.48. The molecule has 1 aliphatic heterocycles. The number of pyridine rings is 1. The van der Waals surface area contributed by atoms with Gasteiger partial charge in [-0.3, -0.25) is 4.98 Å². The van der Waals surface area contributed by atoms with E-state index >= 15 is 0 Å². The minimum atomic E-state index is -4.33. The van der Waals surface area contributed by atoms with Crippen LogP contribution in [0.25, 0.3) is 0 Å². The van der Waals surface area contributed by atoms with Crippen molar-refractivity contribution in [3.05, 3.63) is 24.0 Å². The molecule has 2 rings (SSSR count). The fraction of sp³-hybridized carbons (Fsp3) is 0.545. The second kappa shape index (κ2) is 4.52. The van der Waals surface area contributed by atoms with Gasteiger partial charge in [-0.25, -0.2) is 0 Å². The quantitative estimate of drug-likeness (QED) is 0.862. The molecule has 1 saturated heterocycles. The van der Waals surface area contributed by atoms with E-state index in [1.54, 1.807) is 0 Å². The van der Waals surface area contributed by atoms with Crippen LogP contribution in [-0.4, -0.2) is 31.2 Å². The number of likely N-dealkylation sites (N-methyl/N-ethyl adjacent to an activating group) is 1. The fourth-order valence-corrected chi connectivity index (χ4v) is 1.99. The number of hydrogen-bond acceptors (Lipinski definition) is 3. The van der Waals surface area contributed by atoms with Gasteiger partial charge in [0, 0.05) is 25.3 Å². The molecule has 0 radical (unpaired) electrons. The number of rotatable bonds is 2. The summed E-state index contributed by atoms with van der Waals surface area (Å²) in [7, 11) is 1.86. The van der Waals surface area contributed by atoms with Gasteiger partial charge in [-0.2, -0.15) is 13.2 Å². The van der Waals surface area contributed by atoms with Crippen LogP contribution < -0.4 is 10.2 Å². The Kier molecular flexibility index (Phi) is 3.24. The van der Waals surface area contributed by atoms with E-state index in [1.807, 2.05) is 11.9 Å². The van der Waals surface area contributed by atoms with E-state index in [1.165, 1.54) is 6.20 Å². The van der Waals surface area contributed by atoms with Crippen molar-refractivity contribution in [2.75, 3.05) is 25.0 Å². The summed E-state index contributed by atoms with van der Waals surface area (Å²) < 4.78 is 37.6. The van der Waals surface area contributed by atoms with Crippen molar-refractivity contribution < 1.29 is 13.2 Å². The molecule has 0 saturated carbocycles. The van der Waals surface area contributed by atoms with Crippen molar-refractivity contribution in [1.29, 1.82) is 0 Å². The van der Waals surface area contributed by atoms with Crippen LogP contribution in [0.1, 0.15) is 12.0 Å². The summed E-state index contributed by atoms with van der Waals surface area (Å²) in [6.07, 6.45) is -1.06. The van der Waals surface area contributed by atoms with Crippen molar-refractivity contribution >= 4 is 5.69 Å². The normalized spacial score (nSPS) is 20.9. The van der Waals surface area contributed by atoms with Crippen LogP contribution in [0.4, 0.5) is 18.9 Å². The molecule has 1 aliphatic rings. The molecule has 1 fully saturated rings. The molecule has 0 aliphatic carbocycles. The maximum absolute atomic E-state index is 12.5. The molecule has 6 heteroatoms. The lowest BCUT2D eigenvalue weighted by Crippen LogP contribution is -2.29. The standard InChI is InChI=1S/C11H14F3N3/c1-15-9-2-3-17(7-9)10-4-8(5-16-6-10)11(12,13)14/h4-6,9,15H,2-3,7H2,1H3/t9-/m1/s1. The first-order valence-electron chi connectivity index (χ1n) is 5.45. The molecule has 0 amide bonds. The largest absolute Gasteiger partial charge is 0.417 e. The van der Waals surface area contributed by atoms with Gasteiger partial charge in [-0.15, -0.1) is 0 Å². The fourth-order valence-electron chi connectivity index (χ4n) is 1.99. The molecule has 0 aromatic carbocycles. The molecular formula is C11H14F3N3. The lowest BCUT2D eigenvalue weighted by Gasteiger charge is -2.19. The first kappa shape index (κ1) is 12.2. The zero-order valence-electron chi connectivity index (χ0n) is 9.46. The number of nitrogens with zero attached hydrogens (tertiary/aromatic N) is 2. The van der Waals surface area contributed by atoms with Crippen LogP contribution in [0.15, 0.2) is 18.5 Å². The van der Waals surface area contributed by atoms with Gasteiger partial charge in [0.25, 0.3) is 0 Å². The van der Waals surface area contributed by atoms with E-state index in [0.717, 1.165) is 31.8 Å². The molecule has 94 valence electrons. The predicted octanol–water partition coefficient (Wildman–Crippen LogP) is 1.90. The van der Waals surface area contributed by atoms with Crippen molar-refractivity contribution in [3.8, 4) is 0 Å². The lowest BCUT2D eigenvalue weighted by atomic mass is 10.2. The topological polar surface area (TPSA) is 28.2 Å². The average molecular weight is 245 g/mol. The van der Waals surface area contributed by atoms with Gasteiger partial charge in [0.05, 0.1) is 17.4 Å². The maximum Gasteiger partial charge on any atom is 0.417 e. The zero-order valence-corrected chi connectivity index (χ0v) is 9.46. The lowest BCUT2D eigenvalue weighted by molar-refractivity contribution is -0.137. The highest BCUT2D eigenvalue weighted by molar-refractivity contribution is 5.48. The van der Waals surface area contributed by atoms with Crippen LogP contribution in [0.3, 0.4) is 0 Å². The summed E-state index contributed by atoms with van der Waals surface area (Å²) in [4.78, 5) is 5.58. The molecular weight excluding hydrogens is 231 g/mol. The van der Waals surface area contributed by atoms with Gasteiger partial charge in [-0.1, -0.05) is 0 Å². The van der Waals surface area contributed by atoms with Crippen LogP contribution in [0.2, 0.25) is 0 Å². The van der Waals surface area contributed by atoms with E-state index in [-0.39, 0.29) is 0 Å². The van der Waals surface area contributed by atoms with Crippen molar-refractivity contribution in [2.24, 2.45) is 0 Å². The molecule has 17 heavy (non-hydrogen) atoms. The SMILES string of the molecule is CN[C@@H]1CCN(c2cncc(C(F)(F)F)c2)C1. The number of anilines is 1. The smallest absolute Gasteiger partial charge is 0.369 e. The number of hydrogen-bond donors (Lipinski definition) is 1. The molecule has 1 aromatic rings. The minimum Gasteiger partial charge on any atom is -0.369 e. The number of alkyl halides is 3. The second-order valence-electron chi connectivity index (χ2n) is 4.15.